The fourth-order valence-electron chi connectivity index (χ4n) is 4.56. The van der Waals surface area contributed by atoms with E-state index in [4.69, 9.17) is 5.11 Å². The fourth-order valence-corrected chi connectivity index (χ4v) is 4.56. The van der Waals surface area contributed by atoms with Crippen LogP contribution in [0.2, 0.25) is 0 Å². The zero-order chi connectivity index (χ0) is 23.0. The molecule has 2 aromatic carbocycles. The molecule has 0 spiro atoms. The van der Waals surface area contributed by atoms with Gasteiger partial charge in [-0.1, -0.05) is 42.5 Å². The number of nitrogens with zero attached hydrogens (tertiary/aromatic N) is 4. The first-order chi connectivity index (χ1) is 16.1. The first kappa shape index (κ1) is 23.4. The third-order valence-electron chi connectivity index (χ3n) is 6.72. The van der Waals surface area contributed by atoms with E-state index in [0.717, 1.165) is 77.4 Å². The Bertz CT molecular complexity index is 903. The van der Waals surface area contributed by atoms with Crippen molar-refractivity contribution < 1.29 is 14.7 Å². The number of carbonyl (C=O) groups is 2. The van der Waals surface area contributed by atoms with Gasteiger partial charge in [-0.3, -0.25) is 14.6 Å². The predicted molar refractivity (Wildman–Crippen MR) is 128 cm³/mol. The van der Waals surface area contributed by atoms with Gasteiger partial charge in [0, 0.05) is 65.4 Å². The number of aromatic carboxylic acids is 1. The van der Waals surface area contributed by atoms with E-state index < -0.39 is 5.97 Å². The number of carboxylic acid groups (broad SMARTS) is 1. The number of hydrogen-bond donors (Lipinski definition) is 1. The summed E-state index contributed by atoms with van der Waals surface area (Å²) in [6, 6.07) is 17.7. The molecule has 2 aliphatic rings. The van der Waals surface area contributed by atoms with Crippen molar-refractivity contribution in [3.63, 3.8) is 0 Å². The second-order valence-corrected chi connectivity index (χ2v) is 9.01. The molecule has 2 saturated heterocycles. The Kier molecular flexibility index (Phi) is 8.10. The summed E-state index contributed by atoms with van der Waals surface area (Å²) in [5.74, 6) is -0.666. The summed E-state index contributed by atoms with van der Waals surface area (Å²) in [5, 5.41) is 9.02. The van der Waals surface area contributed by atoms with Gasteiger partial charge in [0.2, 0.25) is 5.91 Å². The average Bonchev–Trinajstić information content (AvgIpc) is 2.85. The molecular weight excluding hydrogens is 416 g/mol. The molecule has 4 rings (SSSR count). The molecule has 2 aliphatic heterocycles. The third-order valence-corrected chi connectivity index (χ3v) is 6.72. The van der Waals surface area contributed by atoms with E-state index in [0.29, 0.717) is 12.1 Å². The summed E-state index contributed by atoms with van der Waals surface area (Å²) in [7, 11) is 0. The summed E-state index contributed by atoms with van der Waals surface area (Å²) in [4.78, 5) is 32.9. The lowest BCUT2D eigenvalue weighted by Crippen LogP contribution is -2.53. The molecule has 33 heavy (non-hydrogen) atoms. The van der Waals surface area contributed by atoms with Crippen LogP contribution in [0.5, 0.6) is 0 Å². The molecule has 0 aromatic heterocycles. The SMILES string of the molecule is O=C(O)c1ccc(CN2CCN(C(=O)CN3CCN(CCc4ccccc4)CC3)CC2)cc1. The second kappa shape index (κ2) is 11.4. The molecule has 1 amide bonds. The van der Waals surface area contributed by atoms with Gasteiger partial charge in [0.05, 0.1) is 12.1 Å². The maximum absolute atomic E-state index is 12.8. The van der Waals surface area contributed by atoms with E-state index in [1.54, 1.807) is 12.1 Å². The minimum atomic E-state index is -0.901. The zero-order valence-electron chi connectivity index (χ0n) is 19.2. The van der Waals surface area contributed by atoms with Crippen LogP contribution in [-0.4, -0.2) is 102 Å². The van der Waals surface area contributed by atoms with Crippen molar-refractivity contribution in [3.8, 4) is 0 Å². The largest absolute Gasteiger partial charge is 0.478 e. The van der Waals surface area contributed by atoms with Gasteiger partial charge in [0.25, 0.3) is 0 Å². The number of hydrogen-bond acceptors (Lipinski definition) is 5. The van der Waals surface area contributed by atoms with Crippen LogP contribution in [0, 0.1) is 0 Å². The van der Waals surface area contributed by atoms with Gasteiger partial charge in [0.15, 0.2) is 0 Å². The van der Waals surface area contributed by atoms with Gasteiger partial charge in [-0.25, -0.2) is 4.79 Å². The molecular formula is C26H34N4O3. The lowest BCUT2D eigenvalue weighted by molar-refractivity contribution is -0.134. The first-order valence-electron chi connectivity index (χ1n) is 11.9. The Labute approximate surface area is 196 Å². The van der Waals surface area contributed by atoms with Crippen molar-refractivity contribution in [1.29, 1.82) is 0 Å². The minimum absolute atomic E-state index is 0.234. The van der Waals surface area contributed by atoms with Crippen LogP contribution in [0.15, 0.2) is 54.6 Å². The molecule has 0 radical (unpaired) electrons. The monoisotopic (exact) mass is 450 g/mol. The summed E-state index contributed by atoms with van der Waals surface area (Å²) in [6.45, 7) is 9.52. The van der Waals surface area contributed by atoms with Crippen molar-refractivity contribution in [2.75, 3.05) is 65.4 Å². The van der Waals surface area contributed by atoms with E-state index in [1.165, 1.54) is 5.56 Å². The van der Waals surface area contributed by atoms with Crippen LogP contribution >= 0.6 is 0 Å². The van der Waals surface area contributed by atoms with E-state index in [-0.39, 0.29) is 5.91 Å². The van der Waals surface area contributed by atoms with Crippen LogP contribution in [0.4, 0.5) is 0 Å². The summed E-state index contributed by atoms with van der Waals surface area (Å²) in [5.41, 5.74) is 2.79. The van der Waals surface area contributed by atoms with Crippen LogP contribution in [0.1, 0.15) is 21.5 Å². The fraction of sp³-hybridized carbons (Fsp3) is 0.462. The quantitative estimate of drug-likeness (QED) is 0.663. The van der Waals surface area contributed by atoms with E-state index >= 15 is 0 Å². The van der Waals surface area contributed by atoms with Crippen molar-refractivity contribution in [2.45, 2.75) is 13.0 Å². The topological polar surface area (TPSA) is 67.3 Å². The van der Waals surface area contributed by atoms with E-state index in [9.17, 15) is 9.59 Å². The predicted octanol–water partition coefficient (Wildman–Crippen LogP) is 1.89. The number of rotatable bonds is 8. The summed E-state index contributed by atoms with van der Waals surface area (Å²) in [6.07, 6.45) is 1.08. The summed E-state index contributed by atoms with van der Waals surface area (Å²) < 4.78 is 0. The highest BCUT2D eigenvalue weighted by molar-refractivity contribution is 5.87. The molecule has 2 heterocycles. The Morgan fingerprint density at radius 3 is 1.94 bits per heavy atom. The molecule has 2 aromatic rings. The van der Waals surface area contributed by atoms with E-state index in [1.807, 2.05) is 17.0 Å². The third kappa shape index (κ3) is 6.87. The lowest BCUT2D eigenvalue weighted by Gasteiger charge is -2.38. The number of benzene rings is 2. The number of carbonyl (C=O) groups excluding carboxylic acids is 1. The number of piperazine rings is 2. The average molecular weight is 451 g/mol. The molecule has 0 bridgehead atoms. The highest BCUT2D eigenvalue weighted by atomic mass is 16.4. The first-order valence-corrected chi connectivity index (χ1v) is 11.9. The van der Waals surface area contributed by atoms with Crippen LogP contribution in [0.3, 0.4) is 0 Å². The van der Waals surface area contributed by atoms with Crippen molar-refractivity contribution in [1.82, 2.24) is 19.6 Å². The van der Waals surface area contributed by atoms with Gasteiger partial charge in [0.1, 0.15) is 0 Å². The van der Waals surface area contributed by atoms with Crippen molar-refractivity contribution >= 4 is 11.9 Å². The Morgan fingerprint density at radius 2 is 1.30 bits per heavy atom. The Morgan fingerprint density at radius 1 is 0.697 bits per heavy atom. The Hall–Kier alpha value is -2.74. The van der Waals surface area contributed by atoms with Crippen LogP contribution < -0.4 is 0 Å². The van der Waals surface area contributed by atoms with Crippen LogP contribution in [-0.2, 0) is 17.8 Å². The maximum Gasteiger partial charge on any atom is 0.335 e. The van der Waals surface area contributed by atoms with E-state index in [2.05, 4.69) is 45.0 Å². The number of amides is 1. The van der Waals surface area contributed by atoms with Gasteiger partial charge in [-0.15, -0.1) is 0 Å². The van der Waals surface area contributed by atoms with Crippen LogP contribution in [0.25, 0.3) is 0 Å². The molecule has 7 heteroatoms. The highest BCUT2D eigenvalue weighted by Gasteiger charge is 2.24. The normalized spacial score (nSPS) is 18.4. The molecule has 0 saturated carbocycles. The maximum atomic E-state index is 12.8. The Balaban J connectivity index is 1.13. The lowest BCUT2D eigenvalue weighted by atomic mass is 10.1. The summed E-state index contributed by atoms with van der Waals surface area (Å²) >= 11 is 0. The number of carboxylic acids is 1. The molecule has 176 valence electrons. The molecule has 0 unspecified atom stereocenters. The molecule has 1 N–H and O–H groups in total. The molecule has 0 aliphatic carbocycles. The zero-order valence-corrected chi connectivity index (χ0v) is 19.2. The van der Waals surface area contributed by atoms with Gasteiger partial charge < -0.3 is 14.9 Å². The van der Waals surface area contributed by atoms with Gasteiger partial charge in [-0.2, -0.15) is 0 Å². The van der Waals surface area contributed by atoms with Gasteiger partial charge in [-0.05, 0) is 29.7 Å². The standard InChI is InChI=1S/C26H34N4O3/c31-25(21-29-14-12-27(13-15-29)11-10-22-4-2-1-3-5-22)30-18-16-28(17-19-30)20-23-6-8-24(9-7-23)26(32)33/h1-9H,10-21H2,(H,32,33). The molecule has 2 fully saturated rings. The highest BCUT2D eigenvalue weighted by Crippen LogP contribution is 2.12. The smallest absolute Gasteiger partial charge is 0.335 e. The second-order valence-electron chi connectivity index (χ2n) is 9.01. The van der Waals surface area contributed by atoms with Gasteiger partial charge >= 0.3 is 5.97 Å². The molecule has 0 atom stereocenters. The van der Waals surface area contributed by atoms with Crippen molar-refractivity contribution in [3.05, 3.63) is 71.3 Å². The minimum Gasteiger partial charge on any atom is -0.478 e. The molecule has 7 nitrogen and oxygen atoms in total. The van der Waals surface area contributed by atoms with Crippen molar-refractivity contribution in [2.24, 2.45) is 0 Å².